The lowest BCUT2D eigenvalue weighted by molar-refractivity contribution is 0.112. The number of aromatic hydroxyl groups is 1. The Hall–Kier alpha value is -1.51. The smallest absolute Gasteiger partial charge is 0.161 e. The molecule has 0 atom stereocenters. The van der Waals surface area contributed by atoms with Gasteiger partial charge in [0.2, 0.25) is 0 Å². The van der Waals surface area contributed by atoms with E-state index in [1.54, 1.807) is 6.92 Å². The van der Waals surface area contributed by atoms with Crippen LogP contribution < -0.4 is 4.74 Å². The van der Waals surface area contributed by atoms with E-state index in [9.17, 15) is 4.79 Å². The zero-order valence-corrected chi connectivity index (χ0v) is 7.78. The van der Waals surface area contributed by atoms with Crippen molar-refractivity contribution in [3.05, 3.63) is 30.7 Å². The quantitative estimate of drug-likeness (QED) is 0.710. The van der Waals surface area contributed by atoms with Crippen LogP contribution in [0.1, 0.15) is 17.3 Å². The van der Waals surface area contributed by atoms with Crippen LogP contribution in [0.5, 0.6) is 11.5 Å². The number of ether oxygens (including phenoxy) is 1. The highest BCUT2D eigenvalue weighted by atomic mass is 16.5. The first kappa shape index (κ1) is 11.5. The molecule has 0 aliphatic heterocycles. The van der Waals surface area contributed by atoms with Crippen LogP contribution in [-0.2, 0) is 0 Å². The fourth-order valence-corrected chi connectivity index (χ4v) is 0.768. The van der Waals surface area contributed by atoms with E-state index in [1.165, 1.54) is 25.3 Å². The second-order valence-electron chi connectivity index (χ2n) is 2.05. The van der Waals surface area contributed by atoms with Crippen LogP contribution in [0.15, 0.2) is 18.2 Å². The molecule has 0 unspecified atom stereocenters. The van der Waals surface area contributed by atoms with E-state index >= 15 is 0 Å². The summed E-state index contributed by atoms with van der Waals surface area (Å²) in [7, 11) is 1.43. The summed E-state index contributed by atoms with van der Waals surface area (Å²) in [5, 5.41) is 9.09. The van der Waals surface area contributed by atoms with Crippen molar-refractivity contribution in [2.75, 3.05) is 7.11 Å². The molecule has 0 fully saturated rings. The molecule has 1 N–H and O–H groups in total. The molecule has 0 aromatic heterocycles. The maximum absolute atomic E-state index is 10.2. The molecule has 0 aliphatic rings. The molecule has 1 aromatic carbocycles. The van der Waals surface area contributed by atoms with Gasteiger partial charge in [0.25, 0.3) is 0 Å². The van der Waals surface area contributed by atoms with Crippen molar-refractivity contribution in [3.63, 3.8) is 0 Å². The molecule has 0 spiro atoms. The molecule has 3 nitrogen and oxygen atoms in total. The normalized spacial score (nSPS) is 8.23. The maximum atomic E-state index is 10.2. The Bertz CT molecular complexity index is 269. The molecule has 0 saturated carbocycles. The van der Waals surface area contributed by atoms with Crippen molar-refractivity contribution in [1.29, 1.82) is 0 Å². The number of hydrogen-bond acceptors (Lipinski definition) is 3. The summed E-state index contributed by atoms with van der Waals surface area (Å²) in [5.74, 6) is 0.354. The number of rotatable bonds is 2. The second kappa shape index (κ2) is 6.06. The van der Waals surface area contributed by atoms with Gasteiger partial charge >= 0.3 is 0 Å². The van der Waals surface area contributed by atoms with E-state index in [0.29, 0.717) is 17.6 Å². The van der Waals surface area contributed by atoms with Crippen molar-refractivity contribution in [3.8, 4) is 11.5 Å². The van der Waals surface area contributed by atoms with E-state index in [-0.39, 0.29) is 5.75 Å². The predicted molar refractivity (Wildman–Crippen MR) is 51.1 cm³/mol. The summed E-state index contributed by atoms with van der Waals surface area (Å²) in [6, 6.07) is 4.41. The largest absolute Gasteiger partial charge is 0.504 e. The van der Waals surface area contributed by atoms with Gasteiger partial charge in [-0.05, 0) is 18.2 Å². The fraction of sp³-hybridized carbons (Fsp3) is 0.200. The Balaban J connectivity index is 0.000000671. The average molecular weight is 181 g/mol. The minimum atomic E-state index is 0.0399. The van der Waals surface area contributed by atoms with Crippen molar-refractivity contribution in [2.24, 2.45) is 0 Å². The molecular weight excluding hydrogens is 168 g/mol. The second-order valence-corrected chi connectivity index (χ2v) is 2.05. The molecule has 71 valence electrons. The number of phenols is 1. The van der Waals surface area contributed by atoms with E-state index in [0.717, 1.165) is 0 Å². The molecule has 0 saturated heterocycles. The predicted octanol–water partition coefficient (Wildman–Crippen LogP) is 2.05. The summed E-state index contributed by atoms with van der Waals surface area (Å²) in [4.78, 5) is 10.2. The number of phenolic OH excluding ortho intramolecular Hbond substituents is 1. The first-order chi connectivity index (χ1) is 6.27. The number of carbonyl (C=O) groups excluding carboxylic acids is 1. The molecule has 3 heteroatoms. The van der Waals surface area contributed by atoms with E-state index in [2.05, 4.69) is 6.92 Å². The van der Waals surface area contributed by atoms with Crippen LogP contribution in [0.25, 0.3) is 0 Å². The number of hydrogen-bond donors (Lipinski definition) is 1. The third-order valence-corrected chi connectivity index (χ3v) is 1.34. The summed E-state index contributed by atoms with van der Waals surface area (Å²) < 4.78 is 4.78. The Morgan fingerprint density at radius 1 is 1.46 bits per heavy atom. The summed E-state index contributed by atoms with van der Waals surface area (Å²) in [5.41, 5.74) is 0.486. The van der Waals surface area contributed by atoms with Gasteiger partial charge in [-0.1, -0.05) is 13.8 Å². The lowest BCUT2D eigenvalue weighted by Crippen LogP contribution is -1.85. The first-order valence-electron chi connectivity index (χ1n) is 3.81. The van der Waals surface area contributed by atoms with Crippen LogP contribution in [0, 0.1) is 6.92 Å². The standard InChI is InChI=1S/C8H8O3.C2H5/c1-11-8-4-6(5-9)2-3-7(8)10;1-2/h2-5,10H,1H3;1H2,2H3. The minimum Gasteiger partial charge on any atom is -0.504 e. The zero-order chi connectivity index (χ0) is 10.3. The molecular formula is C10H13O3. The van der Waals surface area contributed by atoms with E-state index < -0.39 is 0 Å². The van der Waals surface area contributed by atoms with Gasteiger partial charge in [0.15, 0.2) is 11.5 Å². The number of carbonyl (C=O) groups is 1. The number of aldehydes is 1. The molecule has 1 aromatic rings. The minimum absolute atomic E-state index is 0.0399. The number of methoxy groups -OCH3 is 1. The van der Waals surface area contributed by atoms with Crippen molar-refractivity contribution in [2.45, 2.75) is 6.92 Å². The van der Waals surface area contributed by atoms with Gasteiger partial charge in [-0.2, -0.15) is 0 Å². The molecule has 1 radical (unpaired) electrons. The highest BCUT2D eigenvalue weighted by Gasteiger charge is 2.00. The van der Waals surface area contributed by atoms with Gasteiger partial charge in [0.05, 0.1) is 7.11 Å². The van der Waals surface area contributed by atoms with Gasteiger partial charge in [0, 0.05) is 5.56 Å². The molecule has 0 bridgehead atoms. The van der Waals surface area contributed by atoms with Crippen LogP contribution >= 0.6 is 0 Å². The van der Waals surface area contributed by atoms with Crippen LogP contribution in [0.2, 0.25) is 0 Å². The Morgan fingerprint density at radius 2 is 2.08 bits per heavy atom. The Labute approximate surface area is 78.0 Å². The van der Waals surface area contributed by atoms with Crippen LogP contribution in [0.3, 0.4) is 0 Å². The molecule has 13 heavy (non-hydrogen) atoms. The van der Waals surface area contributed by atoms with E-state index in [4.69, 9.17) is 9.84 Å². The highest BCUT2D eigenvalue weighted by molar-refractivity contribution is 5.76. The van der Waals surface area contributed by atoms with Gasteiger partial charge in [0.1, 0.15) is 6.29 Å². The Morgan fingerprint density at radius 3 is 2.54 bits per heavy atom. The third kappa shape index (κ3) is 3.15. The summed E-state index contributed by atoms with van der Waals surface area (Å²) >= 11 is 0. The van der Waals surface area contributed by atoms with Gasteiger partial charge in [-0.3, -0.25) is 4.79 Å². The van der Waals surface area contributed by atoms with Crippen LogP contribution in [-0.4, -0.2) is 18.5 Å². The van der Waals surface area contributed by atoms with Gasteiger partial charge in [-0.15, -0.1) is 0 Å². The molecule has 0 aliphatic carbocycles. The van der Waals surface area contributed by atoms with Crippen LogP contribution in [0.4, 0.5) is 0 Å². The molecule has 1 rings (SSSR count). The number of benzene rings is 1. The average Bonchev–Trinajstić information content (AvgIpc) is 2.22. The summed E-state index contributed by atoms with van der Waals surface area (Å²) in [6.45, 7) is 5.00. The monoisotopic (exact) mass is 181 g/mol. The van der Waals surface area contributed by atoms with Gasteiger partial charge < -0.3 is 9.84 Å². The fourth-order valence-electron chi connectivity index (χ4n) is 0.768. The van der Waals surface area contributed by atoms with Crippen molar-refractivity contribution < 1.29 is 14.6 Å². The zero-order valence-electron chi connectivity index (χ0n) is 7.78. The lowest BCUT2D eigenvalue weighted by atomic mass is 10.2. The molecule has 0 heterocycles. The Kier molecular flexibility index (Phi) is 5.35. The summed E-state index contributed by atoms with van der Waals surface area (Å²) in [6.07, 6.45) is 0.696. The molecule has 0 amide bonds. The van der Waals surface area contributed by atoms with E-state index in [1.807, 2.05) is 0 Å². The topological polar surface area (TPSA) is 46.5 Å². The maximum Gasteiger partial charge on any atom is 0.161 e. The highest BCUT2D eigenvalue weighted by Crippen LogP contribution is 2.25. The van der Waals surface area contributed by atoms with Crippen molar-refractivity contribution in [1.82, 2.24) is 0 Å². The third-order valence-electron chi connectivity index (χ3n) is 1.34. The van der Waals surface area contributed by atoms with Gasteiger partial charge in [-0.25, -0.2) is 0 Å². The first-order valence-corrected chi connectivity index (χ1v) is 3.81. The lowest BCUT2D eigenvalue weighted by Gasteiger charge is -2.01. The SMILES string of the molecule is COc1cc(C=O)ccc1O.[CH2]C. The van der Waals surface area contributed by atoms with Crippen molar-refractivity contribution >= 4 is 6.29 Å².